The number of hydrogen-bond acceptors (Lipinski definition) is 5. The van der Waals surface area contributed by atoms with Gasteiger partial charge in [0.15, 0.2) is 0 Å². The van der Waals surface area contributed by atoms with Gasteiger partial charge in [0.05, 0.1) is 34.8 Å². The van der Waals surface area contributed by atoms with Crippen molar-refractivity contribution in [2.24, 2.45) is 0 Å². The first-order valence-corrected chi connectivity index (χ1v) is 11.8. The third-order valence-corrected chi connectivity index (χ3v) is 7.12. The Morgan fingerprint density at radius 1 is 1.34 bits per heavy atom. The number of nitrogens with one attached hydrogen (secondary N) is 2. The molecule has 0 radical (unpaired) electrons. The van der Waals surface area contributed by atoms with Crippen LogP contribution in [-0.4, -0.2) is 46.5 Å². The van der Waals surface area contributed by atoms with E-state index in [4.69, 9.17) is 16.3 Å². The van der Waals surface area contributed by atoms with E-state index in [0.29, 0.717) is 24.4 Å². The molecule has 2 aromatic rings. The van der Waals surface area contributed by atoms with Crippen molar-refractivity contribution in [1.29, 1.82) is 0 Å². The van der Waals surface area contributed by atoms with Crippen molar-refractivity contribution in [1.82, 2.24) is 10.6 Å². The number of nitrogens with zero attached hydrogens (tertiary/aromatic N) is 1. The van der Waals surface area contributed by atoms with Gasteiger partial charge in [-0.05, 0) is 43.2 Å². The molecule has 2 N–H and O–H groups in total. The molecule has 1 heterocycles. The standard InChI is InChI=1S/C22H24ClN3O5S/c1-3-13-26(19-8-4-5-9-20(19)31-2)32(29,30)15-10-11-17(23)16(14-15)21(27)25-18-7-6-12-24-22(18)28/h3-5,8-11,14,18H,1,6-7,12-13H2,2H3,(H,24,28)(H,25,27). The zero-order valence-electron chi connectivity index (χ0n) is 17.5. The van der Waals surface area contributed by atoms with Crippen LogP contribution in [0.1, 0.15) is 23.2 Å². The van der Waals surface area contributed by atoms with Gasteiger partial charge in [0.2, 0.25) is 5.91 Å². The molecular weight excluding hydrogens is 454 g/mol. The molecule has 1 atom stereocenters. The van der Waals surface area contributed by atoms with Crippen LogP contribution in [0.3, 0.4) is 0 Å². The third kappa shape index (κ3) is 4.89. The van der Waals surface area contributed by atoms with Crippen LogP contribution in [0.25, 0.3) is 0 Å². The summed E-state index contributed by atoms with van der Waals surface area (Å²) in [5.41, 5.74) is 0.291. The molecule has 0 bridgehead atoms. The number of amides is 2. The molecule has 1 saturated heterocycles. The molecule has 10 heteroatoms. The summed E-state index contributed by atoms with van der Waals surface area (Å²) in [5.74, 6) is -0.535. The van der Waals surface area contributed by atoms with Crippen molar-refractivity contribution >= 4 is 39.1 Å². The molecule has 2 amide bonds. The number of sulfonamides is 1. The second-order valence-corrected chi connectivity index (χ2v) is 9.37. The molecule has 0 spiro atoms. The summed E-state index contributed by atoms with van der Waals surface area (Å²) in [6.45, 7) is 4.19. The average molecular weight is 478 g/mol. The number of benzene rings is 2. The Hall–Kier alpha value is -3.04. The fourth-order valence-corrected chi connectivity index (χ4v) is 5.07. The normalized spacial score (nSPS) is 16.1. The molecule has 1 unspecified atom stereocenters. The zero-order chi connectivity index (χ0) is 23.3. The van der Waals surface area contributed by atoms with Gasteiger partial charge in [-0.1, -0.05) is 29.8 Å². The number of rotatable bonds is 8. The van der Waals surface area contributed by atoms with Crippen LogP contribution >= 0.6 is 11.6 Å². The number of carbonyl (C=O) groups is 2. The van der Waals surface area contributed by atoms with Crippen LogP contribution in [-0.2, 0) is 14.8 Å². The number of carbonyl (C=O) groups excluding carboxylic acids is 2. The number of para-hydroxylation sites is 2. The van der Waals surface area contributed by atoms with E-state index in [1.165, 1.54) is 31.4 Å². The molecule has 170 valence electrons. The lowest BCUT2D eigenvalue weighted by atomic mass is 10.1. The van der Waals surface area contributed by atoms with Crippen LogP contribution in [0.2, 0.25) is 5.02 Å². The van der Waals surface area contributed by atoms with E-state index in [0.717, 1.165) is 10.7 Å². The quantitative estimate of drug-likeness (QED) is 0.569. The Labute approximate surface area is 192 Å². The van der Waals surface area contributed by atoms with E-state index < -0.39 is 22.0 Å². The molecule has 1 aliphatic heterocycles. The van der Waals surface area contributed by atoms with Gasteiger partial charge in [0.1, 0.15) is 11.8 Å². The molecule has 0 saturated carbocycles. The third-order valence-electron chi connectivity index (χ3n) is 5.01. The summed E-state index contributed by atoms with van der Waals surface area (Å²) >= 11 is 6.19. The lowest BCUT2D eigenvalue weighted by molar-refractivity contribution is -0.124. The van der Waals surface area contributed by atoms with Crippen molar-refractivity contribution in [3.63, 3.8) is 0 Å². The van der Waals surface area contributed by atoms with Crippen LogP contribution in [0, 0.1) is 0 Å². The van der Waals surface area contributed by atoms with Gasteiger partial charge in [0, 0.05) is 6.54 Å². The first-order valence-electron chi connectivity index (χ1n) is 9.94. The number of ether oxygens (including phenoxy) is 1. The van der Waals surface area contributed by atoms with Crippen molar-refractivity contribution in [2.45, 2.75) is 23.8 Å². The maximum Gasteiger partial charge on any atom is 0.264 e. The molecule has 1 fully saturated rings. The molecular formula is C22H24ClN3O5S. The van der Waals surface area contributed by atoms with E-state index >= 15 is 0 Å². The van der Waals surface area contributed by atoms with E-state index in [2.05, 4.69) is 17.2 Å². The molecule has 8 nitrogen and oxygen atoms in total. The molecule has 3 rings (SSSR count). The molecule has 0 aliphatic carbocycles. The van der Waals surface area contributed by atoms with Gasteiger partial charge in [-0.25, -0.2) is 8.42 Å². The van der Waals surface area contributed by atoms with Gasteiger partial charge in [-0.15, -0.1) is 6.58 Å². The van der Waals surface area contributed by atoms with Crippen molar-refractivity contribution in [3.8, 4) is 5.75 Å². The topological polar surface area (TPSA) is 105 Å². The lowest BCUT2D eigenvalue weighted by Gasteiger charge is -2.25. The predicted octanol–water partition coefficient (Wildman–Crippen LogP) is 2.74. The summed E-state index contributed by atoms with van der Waals surface area (Å²) in [6.07, 6.45) is 2.68. The van der Waals surface area contributed by atoms with Gasteiger partial charge in [-0.2, -0.15) is 0 Å². The maximum atomic E-state index is 13.5. The summed E-state index contributed by atoms with van der Waals surface area (Å²) in [4.78, 5) is 24.6. The highest BCUT2D eigenvalue weighted by atomic mass is 35.5. The number of halogens is 1. The Kier molecular flexibility index (Phi) is 7.42. The van der Waals surface area contributed by atoms with E-state index in [-0.39, 0.29) is 27.9 Å². The van der Waals surface area contributed by atoms with Crippen LogP contribution in [0.5, 0.6) is 5.75 Å². The van der Waals surface area contributed by atoms with Crippen molar-refractivity contribution < 1.29 is 22.7 Å². The van der Waals surface area contributed by atoms with Gasteiger partial charge in [0.25, 0.3) is 15.9 Å². The Morgan fingerprint density at radius 3 is 2.78 bits per heavy atom. The number of methoxy groups -OCH3 is 1. The molecule has 2 aromatic carbocycles. The minimum absolute atomic E-state index is 0.0187. The SMILES string of the molecule is C=CCN(c1ccccc1OC)S(=O)(=O)c1ccc(Cl)c(C(=O)NC2CCCNC2=O)c1. The lowest BCUT2D eigenvalue weighted by Crippen LogP contribution is -2.50. The predicted molar refractivity (Wildman–Crippen MR) is 123 cm³/mol. The highest BCUT2D eigenvalue weighted by Crippen LogP contribution is 2.33. The minimum Gasteiger partial charge on any atom is -0.495 e. The van der Waals surface area contributed by atoms with Crippen molar-refractivity contribution in [2.75, 3.05) is 24.5 Å². The fourth-order valence-electron chi connectivity index (χ4n) is 3.39. The van der Waals surface area contributed by atoms with Gasteiger partial charge < -0.3 is 15.4 Å². The largest absolute Gasteiger partial charge is 0.495 e. The van der Waals surface area contributed by atoms with Crippen LogP contribution < -0.4 is 19.7 Å². The molecule has 0 aromatic heterocycles. The Balaban J connectivity index is 1.98. The Bertz CT molecular complexity index is 1140. The Morgan fingerprint density at radius 2 is 2.09 bits per heavy atom. The second-order valence-electron chi connectivity index (χ2n) is 7.10. The monoisotopic (exact) mass is 477 g/mol. The fraction of sp³-hybridized carbons (Fsp3) is 0.273. The minimum atomic E-state index is -4.10. The first kappa shape index (κ1) is 23.6. The van der Waals surface area contributed by atoms with E-state index in [1.807, 2.05) is 0 Å². The number of hydrogen-bond donors (Lipinski definition) is 2. The summed E-state index contributed by atoms with van der Waals surface area (Å²) in [7, 11) is -2.65. The summed E-state index contributed by atoms with van der Waals surface area (Å²) < 4.78 is 33.5. The van der Waals surface area contributed by atoms with Crippen LogP contribution in [0.4, 0.5) is 5.69 Å². The maximum absolute atomic E-state index is 13.5. The highest BCUT2D eigenvalue weighted by Gasteiger charge is 2.29. The zero-order valence-corrected chi connectivity index (χ0v) is 19.1. The number of piperidine rings is 1. The molecule has 1 aliphatic rings. The first-order chi connectivity index (χ1) is 15.3. The second kappa shape index (κ2) is 10.1. The number of anilines is 1. The van der Waals surface area contributed by atoms with E-state index in [1.54, 1.807) is 24.3 Å². The van der Waals surface area contributed by atoms with Gasteiger partial charge in [-0.3, -0.25) is 13.9 Å². The van der Waals surface area contributed by atoms with Crippen molar-refractivity contribution in [3.05, 3.63) is 65.7 Å². The average Bonchev–Trinajstić information content (AvgIpc) is 2.79. The smallest absolute Gasteiger partial charge is 0.264 e. The molecule has 32 heavy (non-hydrogen) atoms. The summed E-state index contributed by atoms with van der Waals surface area (Å²) in [5, 5.41) is 5.39. The summed E-state index contributed by atoms with van der Waals surface area (Å²) in [6, 6.07) is 9.87. The highest BCUT2D eigenvalue weighted by molar-refractivity contribution is 7.92. The van der Waals surface area contributed by atoms with Crippen LogP contribution in [0.15, 0.2) is 60.0 Å². The van der Waals surface area contributed by atoms with E-state index in [9.17, 15) is 18.0 Å². The van der Waals surface area contributed by atoms with Gasteiger partial charge >= 0.3 is 0 Å².